The molecular weight excluding hydrogens is 176 g/mol. The van der Waals surface area contributed by atoms with Gasteiger partial charge in [-0.3, -0.25) is 0 Å². The van der Waals surface area contributed by atoms with Gasteiger partial charge in [0.05, 0.1) is 0 Å². The van der Waals surface area contributed by atoms with Gasteiger partial charge in [0.2, 0.25) is 0 Å². The molecule has 0 unspecified atom stereocenters. The van der Waals surface area contributed by atoms with E-state index in [0.29, 0.717) is 0 Å². The van der Waals surface area contributed by atoms with Gasteiger partial charge in [0.25, 0.3) is 0 Å². The molecule has 1 heteroatoms. The Labute approximate surface area is 84.0 Å². The van der Waals surface area contributed by atoms with Gasteiger partial charge < -0.3 is 0 Å². The van der Waals surface area contributed by atoms with Crippen LogP contribution in [-0.4, -0.2) is 0 Å². The SMILES string of the molecule is Cc1cc2c(C)cccc2cc1S. The van der Waals surface area contributed by atoms with Crippen LogP contribution in [0.25, 0.3) is 10.8 Å². The quantitative estimate of drug-likeness (QED) is 0.598. The number of thiol groups is 1. The highest BCUT2D eigenvalue weighted by molar-refractivity contribution is 7.80. The van der Waals surface area contributed by atoms with Crippen LogP contribution in [-0.2, 0) is 0 Å². The molecule has 2 rings (SSSR count). The van der Waals surface area contributed by atoms with Gasteiger partial charge in [-0.2, -0.15) is 0 Å². The monoisotopic (exact) mass is 188 g/mol. The summed E-state index contributed by atoms with van der Waals surface area (Å²) in [7, 11) is 0. The first-order valence-electron chi connectivity index (χ1n) is 4.37. The Kier molecular flexibility index (Phi) is 2.04. The van der Waals surface area contributed by atoms with Crippen LogP contribution in [0.4, 0.5) is 0 Å². The summed E-state index contributed by atoms with van der Waals surface area (Å²) in [6.45, 7) is 4.23. The highest BCUT2D eigenvalue weighted by Gasteiger charge is 1.99. The summed E-state index contributed by atoms with van der Waals surface area (Å²) in [6.07, 6.45) is 0. The molecule has 0 N–H and O–H groups in total. The van der Waals surface area contributed by atoms with Crippen LogP contribution in [0.15, 0.2) is 35.2 Å². The second kappa shape index (κ2) is 3.08. The Morgan fingerprint density at radius 2 is 1.77 bits per heavy atom. The van der Waals surface area contributed by atoms with Crippen LogP contribution in [0.2, 0.25) is 0 Å². The van der Waals surface area contributed by atoms with Gasteiger partial charge in [-0.15, -0.1) is 12.6 Å². The number of fused-ring (bicyclic) bond motifs is 1. The molecule has 0 amide bonds. The molecule has 0 nitrogen and oxygen atoms in total. The van der Waals surface area contributed by atoms with Crippen molar-refractivity contribution in [2.45, 2.75) is 18.7 Å². The van der Waals surface area contributed by atoms with Gasteiger partial charge in [-0.25, -0.2) is 0 Å². The zero-order chi connectivity index (χ0) is 9.42. The number of hydrogen-bond donors (Lipinski definition) is 1. The summed E-state index contributed by atoms with van der Waals surface area (Å²) in [5, 5.41) is 2.61. The van der Waals surface area contributed by atoms with Crippen LogP contribution in [0.3, 0.4) is 0 Å². The van der Waals surface area contributed by atoms with Crippen molar-refractivity contribution in [3.8, 4) is 0 Å². The maximum Gasteiger partial charge on any atom is 0.00756 e. The molecule has 0 heterocycles. The smallest absolute Gasteiger partial charge is 0.00756 e. The largest absolute Gasteiger partial charge is 0.143 e. The first-order chi connectivity index (χ1) is 6.18. The highest BCUT2D eigenvalue weighted by atomic mass is 32.1. The fourth-order valence-corrected chi connectivity index (χ4v) is 1.78. The van der Waals surface area contributed by atoms with Crippen LogP contribution < -0.4 is 0 Å². The van der Waals surface area contributed by atoms with Gasteiger partial charge in [-0.1, -0.05) is 24.3 Å². The van der Waals surface area contributed by atoms with Crippen LogP contribution in [0.1, 0.15) is 11.1 Å². The third-order valence-corrected chi connectivity index (χ3v) is 2.90. The second-order valence-electron chi connectivity index (χ2n) is 3.43. The second-order valence-corrected chi connectivity index (χ2v) is 3.92. The summed E-state index contributed by atoms with van der Waals surface area (Å²) < 4.78 is 0. The van der Waals surface area contributed by atoms with Gasteiger partial charge in [0.1, 0.15) is 0 Å². The maximum absolute atomic E-state index is 4.41. The zero-order valence-corrected chi connectivity index (χ0v) is 8.73. The maximum atomic E-state index is 4.41. The Hall–Kier alpha value is -0.950. The fourth-order valence-electron chi connectivity index (χ4n) is 1.58. The molecular formula is C12H12S. The van der Waals surface area contributed by atoms with E-state index in [-0.39, 0.29) is 0 Å². The highest BCUT2D eigenvalue weighted by Crippen LogP contribution is 2.24. The third-order valence-electron chi connectivity index (χ3n) is 2.41. The molecule has 0 aliphatic carbocycles. The summed E-state index contributed by atoms with van der Waals surface area (Å²) in [5.74, 6) is 0. The summed E-state index contributed by atoms with van der Waals surface area (Å²) in [5.41, 5.74) is 2.57. The predicted molar refractivity (Wildman–Crippen MR) is 60.7 cm³/mol. The lowest BCUT2D eigenvalue weighted by Crippen LogP contribution is -1.81. The van der Waals surface area contributed by atoms with Crippen LogP contribution >= 0.6 is 12.6 Å². The van der Waals surface area contributed by atoms with Crippen molar-refractivity contribution in [2.24, 2.45) is 0 Å². The molecule has 2 aromatic rings. The number of aryl methyl sites for hydroxylation is 2. The summed E-state index contributed by atoms with van der Waals surface area (Å²) in [4.78, 5) is 1.07. The van der Waals surface area contributed by atoms with Gasteiger partial charge in [0, 0.05) is 4.90 Å². The lowest BCUT2D eigenvalue weighted by Gasteiger charge is -2.05. The van der Waals surface area contributed by atoms with E-state index in [4.69, 9.17) is 0 Å². The van der Waals surface area contributed by atoms with Crippen molar-refractivity contribution in [1.29, 1.82) is 0 Å². The van der Waals surface area contributed by atoms with E-state index in [1.807, 2.05) is 0 Å². The first kappa shape index (κ1) is 8.64. The van der Waals surface area contributed by atoms with Gasteiger partial charge in [0.15, 0.2) is 0 Å². The molecule has 2 aromatic carbocycles. The van der Waals surface area contributed by atoms with Crippen molar-refractivity contribution < 1.29 is 0 Å². The van der Waals surface area contributed by atoms with Crippen LogP contribution in [0.5, 0.6) is 0 Å². The van der Waals surface area contributed by atoms with Crippen molar-refractivity contribution in [1.82, 2.24) is 0 Å². The molecule has 0 radical (unpaired) electrons. The lowest BCUT2D eigenvalue weighted by molar-refractivity contribution is 1.33. The Morgan fingerprint density at radius 1 is 1.00 bits per heavy atom. The van der Waals surface area contributed by atoms with Crippen LogP contribution in [0, 0.1) is 13.8 Å². The van der Waals surface area contributed by atoms with Gasteiger partial charge in [-0.05, 0) is 41.8 Å². The Balaban J connectivity index is 2.89. The zero-order valence-electron chi connectivity index (χ0n) is 7.83. The molecule has 0 saturated heterocycles. The normalized spacial score (nSPS) is 10.7. The molecule has 0 aromatic heterocycles. The summed E-state index contributed by atoms with van der Waals surface area (Å²) >= 11 is 4.41. The van der Waals surface area contributed by atoms with Crippen molar-refractivity contribution in [3.63, 3.8) is 0 Å². The van der Waals surface area contributed by atoms with Crippen molar-refractivity contribution >= 4 is 23.4 Å². The number of benzene rings is 2. The topological polar surface area (TPSA) is 0 Å². The number of hydrogen-bond acceptors (Lipinski definition) is 1. The minimum Gasteiger partial charge on any atom is -0.143 e. The Bertz CT molecular complexity index is 458. The van der Waals surface area contributed by atoms with Gasteiger partial charge >= 0.3 is 0 Å². The van der Waals surface area contributed by atoms with E-state index in [0.717, 1.165) is 4.90 Å². The third kappa shape index (κ3) is 1.44. The minimum absolute atomic E-state index is 1.07. The molecule has 0 bridgehead atoms. The molecule has 0 fully saturated rings. The molecule has 66 valence electrons. The van der Waals surface area contributed by atoms with Crippen molar-refractivity contribution in [2.75, 3.05) is 0 Å². The average Bonchev–Trinajstić information content (AvgIpc) is 2.09. The standard InChI is InChI=1S/C12H12S/c1-8-4-3-5-10-7-12(13)9(2)6-11(8)10/h3-7,13H,1-2H3. The van der Waals surface area contributed by atoms with E-state index < -0.39 is 0 Å². The van der Waals surface area contributed by atoms with E-state index in [1.165, 1.54) is 21.9 Å². The number of rotatable bonds is 0. The van der Waals surface area contributed by atoms with E-state index in [2.05, 4.69) is 56.8 Å². The fraction of sp³-hybridized carbons (Fsp3) is 0.167. The average molecular weight is 188 g/mol. The molecule has 0 saturated carbocycles. The minimum atomic E-state index is 1.07. The predicted octanol–water partition coefficient (Wildman–Crippen LogP) is 3.75. The molecule has 0 atom stereocenters. The van der Waals surface area contributed by atoms with E-state index in [9.17, 15) is 0 Å². The molecule has 13 heavy (non-hydrogen) atoms. The lowest BCUT2D eigenvalue weighted by atomic mass is 10.0. The summed E-state index contributed by atoms with van der Waals surface area (Å²) in [6, 6.07) is 10.7. The molecule has 0 spiro atoms. The van der Waals surface area contributed by atoms with E-state index >= 15 is 0 Å². The van der Waals surface area contributed by atoms with Crippen molar-refractivity contribution in [3.05, 3.63) is 41.5 Å². The Morgan fingerprint density at radius 3 is 2.54 bits per heavy atom. The molecule has 0 aliphatic rings. The first-order valence-corrected chi connectivity index (χ1v) is 4.82. The molecule has 0 aliphatic heterocycles. The van der Waals surface area contributed by atoms with E-state index in [1.54, 1.807) is 0 Å².